The Hall–Kier alpha value is -1.62. The Morgan fingerprint density at radius 2 is 2.50 bits per heavy atom. The van der Waals surface area contributed by atoms with Gasteiger partial charge in [-0.25, -0.2) is 4.98 Å². The van der Waals surface area contributed by atoms with E-state index in [2.05, 4.69) is 33.5 Å². The molecular formula is C9H10N4S. The Morgan fingerprint density at radius 1 is 1.57 bits per heavy atom. The Balaban J connectivity index is 1.95. The highest BCUT2D eigenvalue weighted by Crippen LogP contribution is 2.12. The molecule has 2 N–H and O–H groups in total. The summed E-state index contributed by atoms with van der Waals surface area (Å²) >= 11 is 1.71. The van der Waals surface area contributed by atoms with Gasteiger partial charge in [-0.3, -0.25) is 5.43 Å². The van der Waals surface area contributed by atoms with Crippen LogP contribution in [0.4, 0.5) is 5.82 Å². The van der Waals surface area contributed by atoms with Gasteiger partial charge in [-0.15, -0.1) is 11.3 Å². The van der Waals surface area contributed by atoms with E-state index < -0.39 is 0 Å². The first kappa shape index (κ1) is 8.96. The SMILES string of the molecule is Cc1ccc(/C=N/Nc2cnc[nH]2)s1. The second-order valence-corrected chi connectivity index (χ2v) is 4.10. The molecule has 0 fully saturated rings. The topological polar surface area (TPSA) is 53.1 Å². The molecule has 0 unspecified atom stereocenters. The van der Waals surface area contributed by atoms with Crippen LogP contribution in [-0.4, -0.2) is 16.2 Å². The number of aromatic nitrogens is 2. The van der Waals surface area contributed by atoms with E-state index in [1.54, 1.807) is 30.1 Å². The van der Waals surface area contributed by atoms with E-state index in [4.69, 9.17) is 0 Å². The van der Waals surface area contributed by atoms with Crippen LogP contribution < -0.4 is 5.43 Å². The van der Waals surface area contributed by atoms with E-state index in [1.165, 1.54) is 4.88 Å². The zero-order valence-electron chi connectivity index (χ0n) is 7.69. The number of hydrazone groups is 1. The summed E-state index contributed by atoms with van der Waals surface area (Å²) in [5.74, 6) is 0.787. The van der Waals surface area contributed by atoms with Crippen LogP contribution in [-0.2, 0) is 0 Å². The van der Waals surface area contributed by atoms with Crippen LogP contribution in [0.25, 0.3) is 0 Å². The predicted octanol–water partition coefficient (Wildman–Crippen LogP) is 2.23. The van der Waals surface area contributed by atoms with Gasteiger partial charge in [-0.2, -0.15) is 5.10 Å². The normalized spacial score (nSPS) is 10.9. The standard InChI is InChI=1S/C9H10N4S/c1-7-2-3-8(14-7)4-12-13-9-5-10-6-11-9/h2-6,13H,1H3,(H,10,11)/b12-4+. The van der Waals surface area contributed by atoms with Gasteiger partial charge in [0.05, 0.1) is 18.7 Å². The lowest BCUT2D eigenvalue weighted by Gasteiger charge is -1.91. The molecule has 2 aromatic heterocycles. The van der Waals surface area contributed by atoms with Crippen LogP contribution >= 0.6 is 11.3 Å². The maximum atomic E-state index is 4.06. The average molecular weight is 206 g/mol. The number of aryl methyl sites for hydroxylation is 1. The molecule has 0 radical (unpaired) electrons. The number of hydrogen-bond acceptors (Lipinski definition) is 4. The third-order valence-electron chi connectivity index (χ3n) is 1.64. The molecule has 0 aliphatic carbocycles. The van der Waals surface area contributed by atoms with Gasteiger partial charge >= 0.3 is 0 Å². The van der Waals surface area contributed by atoms with Crippen molar-refractivity contribution in [2.45, 2.75) is 6.92 Å². The lowest BCUT2D eigenvalue weighted by molar-refractivity contribution is 1.26. The minimum absolute atomic E-state index is 0.787. The summed E-state index contributed by atoms with van der Waals surface area (Å²) in [7, 11) is 0. The van der Waals surface area contributed by atoms with Crippen LogP contribution in [0.15, 0.2) is 29.8 Å². The molecule has 0 amide bonds. The lowest BCUT2D eigenvalue weighted by atomic mass is 10.4. The smallest absolute Gasteiger partial charge is 0.143 e. The van der Waals surface area contributed by atoms with Crippen molar-refractivity contribution in [2.24, 2.45) is 5.10 Å². The zero-order valence-corrected chi connectivity index (χ0v) is 8.51. The highest BCUT2D eigenvalue weighted by atomic mass is 32.1. The van der Waals surface area contributed by atoms with Crippen molar-refractivity contribution in [3.63, 3.8) is 0 Å². The number of aromatic amines is 1. The second-order valence-electron chi connectivity index (χ2n) is 2.78. The highest BCUT2D eigenvalue weighted by Gasteiger charge is 1.91. The molecule has 0 aliphatic rings. The summed E-state index contributed by atoms with van der Waals surface area (Å²) in [6.45, 7) is 2.07. The maximum Gasteiger partial charge on any atom is 0.143 e. The molecule has 0 saturated carbocycles. The molecule has 0 atom stereocenters. The number of rotatable bonds is 3. The molecule has 2 heterocycles. The molecule has 0 bridgehead atoms. The highest BCUT2D eigenvalue weighted by molar-refractivity contribution is 7.13. The van der Waals surface area contributed by atoms with Gasteiger partial charge in [0.1, 0.15) is 5.82 Å². The van der Waals surface area contributed by atoms with Crippen molar-refractivity contribution in [1.29, 1.82) is 0 Å². The van der Waals surface area contributed by atoms with Gasteiger partial charge in [0, 0.05) is 9.75 Å². The fraction of sp³-hybridized carbons (Fsp3) is 0.111. The summed E-state index contributed by atoms with van der Waals surface area (Å²) in [4.78, 5) is 9.18. The predicted molar refractivity (Wildman–Crippen MR) is 58.9 cm³/mol. The molecule has 0 saturated heterocycles. The van der Waals surface area contributed by atoms with Crippen molar-refractivity contribution in [2.75, 3.05) is 5.43 Å². The van der Waals surface area contributed by atoms with Gasteiger partial charge in [-0.1, -0.05) is 0 Å². The van der Waals surface area contributed by atoms with Crippen LogP contribution in [0.5, 0.6) is 0 Å². The maximum absolute atomic E-state index is 4.06. The summed E-state index contributed by atoms with van der Waals surface area (Å²) in [5, 5.41) is 4.06. The van der Waals surface area contributed by atoms with Crippen molar-refractivity contribution in [1.82, 2.24) is 9.97 Å². The van der Waals surface area contributed by atoms with Gasteiger partial charge in [0.15, 0.2) is 0 Å². The van der Waals surface area contributed by atoms with Crippen molar-refractivity contribution >= 4 is 23.4 Å². The van der Waals surface area contributed by atoms with Crippen molar-refractivity contribution in [3.8, 4) is 0 Å². The molecule has 72 valence electrons. The third-order valence-corrected chi connectivity index (χ3v) is 2.57. The number of anilines is 1. The first-order valence-electron chi connectivity index (χ1n) is 4.18. The van der Waals surface area contributed by atoms with Crippen LogP contribution in [0, 0.1) is 6.92 Å². The molecule has 2 rings (SSSR count). The van der Waals surface area contributed by atoms with Gasteiger partial charge in [0.25, 0.3) is 0 Å². The van der Waals surface area contributed by atoms with E-state index in [9.17, 15) is 0 Å². The first-order chi connectivity index (χ1) is 6.84. The number of hydrogen-bond donors (Lipinski definition) is 2. The van der Waals surface area contributed by atoms with E-state index in [-0.39, 0.29) is 0 Å². The van der Waals surface area contributed by atoms with Crippen molar-refractivity contribution < 1.29 is 0 Å². The minimum Gasteiger partial charge on any atom is -0.330 e. The lowest BCUT2D eigenvalue weighted by Crippen LogP contribution is -1.88. The van der Waals surface area contributed by atoms with E-state index in [0.29, 0.717) is 0 Å². The van der Waals surface area contributed by atoms with E-state index >= 15 is 0 Å². The number of nitrogens with one attached hydrogen (secondary N) is 2. The molecule has 0 spiro atoms. The number of H-pyrrole nitrogens is 1. The molecule has 14 heavy (non-hydrogen) atoms. The molecule has 0 aliphatic heterocycles. The summed E-state index contributed by atoms with van der Waals surface area (Å²) < 4.78 is 0. The average Bonchev–Trinajstić information content (AvgIpc) is 2.77. The monoisotopic (exact) mass is 206 g/mol. The van der Waals surface area contributed by atoms with E-state index in [0.717, 1.165) is 10.7 Å². The Morgan fingerprint density at radius 3 is 3.14 bits per heavy atom. The Kier molecular flexibility index (Phi) is 2.60. The summed E-state index contributed by atoms with van der Waals surface area (Å²) in [5.41, 5.74) is 2.84. The summed E-state index contributed by atoms with van der Waals surface area (Å²) in [6.07, 6.45) is 5.07. The fourth-order valence-electron chi connectivity index (χ4n) is 1.01. The Labute approximate surface area is 85.7 Å². The third kappa shape index (κ3) is 2.20. The Bertz CT molecular complexity index is 416. The van der Waals surface area contributed by atoms with Gasteiger partial charge < -0.3 is 4.98 Å². The number of thiophene rings is 1. The van der Waals surface area contributed by atoms with E-state index in [1.807, 2.05) is 6.07 Å². The molecule has 5 heteroatoms. The minimum atomic E-state index is 0.787. The van der Waals surface area contributed by atoms with Crippen LogP contribution in [0.1, 0.15) is 9.75 Å². The second kappa shape index (κ2) is 4.06. The van der Waals surface area contributed by atoms with Gasteiger partial charge in [-0.05, 0) is 19.1 Å². The molecule has 0 aromatic carbocycles. The molecule has 4 nitrogen and oxygen atoms in total. The molecule has 2 aromatic rings. The van der Waals surface area contributed by atoms with Gasteiger partial charge in [0.2, 0.25) is 0 Å². The fourth-order valence-corrected chi connectivity index (χ4v) is 1.75. The quantitative estimate of drug-likeness (QED) is 0.597. The zero-order chi connectivity index (χ0) is 9.80. The van der Waals surface area contributed by atoms with Crippen LogP contribution in [0.2, 0.25) is 0 Å². The van der Waals surface area contributed by atoms with Crippen LogP contribution in [0.3, 0.4) is 0 Å². The largest absolute Gasteiger partial charge is 0.330 e. The number of imidazole rings is 1. The molecular weight excluding hydrogens is 196 g/mol. The number of nitrogens with zero attached hydrogens (tertiary/aromatic N) is 2. The van der Waals surface area contributed by atoms with Crippen molar-refractivity contribution in [3.05, 3.63) is 34.4 Å². The first-order valence-corrected chi connectivity index (χ1v) is 5.00. The summed E-state index contributed by atoms with van der Waals surface area (Å²) in [6, 6.07) is 4.11.